The first-order valence-electron chi connectivity index (χ1n) is 5.14. The number of nitrogens with zero attached hydrogens (tertiary/aromatic N) is 1. The lowest BCUT2D eigenvalue weighted by Crippen LogP contribution is -1.93. The number of nitrogens with one attached hydrogen (secondary N) is 1. The minimum atomic E-state index is -0.206. The standard InChI is InChI=1S/C12H13FN2O/c1-14-12-15-11(8-16-12)7-4-9-2-5-10(13)6-3-9/h2-3,5-6,8H,4,7H2,1H3,(H,14,15). The number of hydrogen-bond donors (Lipinski definition) is 1. The van der Waals surface area contributed by atoms with Gasteiger partial charge in [0.25, 0.3) is 6.01 Å². The van der Waals surface area contributed by atoms with Crippen LogP contribution in [0.5, 0.6) is 0 Å². The summed E-state index contributed by atoms with van der Waals surface area (Å²) in [6, 6.07) is 7.03. The first-order chi connectivity index (χ1) is 7.78. The predicted octanol–water partition coefficient (Wildman–Crippen LogP) is 2.64. The lowest BCUT2D eigenvalue weighted by atomic mass is 10.1. The smallest absolute Gasteiger partial charge is 0.294 e. The number of benzene rings is 1. The molecule has 2 aromatic rings. The Bertz CT molecular complexity index is 450. The van der Waals surface area contributed by atoms with Gasteiger partial charge < -0.3 is 9.73 Å². The van der Waals surface area contributed by atoms with E-state index in [1.165, 1.54) is 12.1 Å². The summed E-state index contributed by atoms with van der Waals surface area (Å²) in [5, 5.41) is 2.83. The fourth-order valence-electron chi connectivity index (χ4n) is 1.46. The molecule has 1 aromatic carbocycles. The highest BCUT2D eigenvalue weighted by Crippen LogP contribution is 2.10. The molecule has 84 valence electrons. The Morgan fingerprint density at radius 1 is 1.25 bits per heavy atom. The minimum absolute atomic E-state index is 0.206. The highest BCUT2D eigenvalue weighted by Gasteiger charge is 2.02. The molecule has 1 aromatic heterocycles. The van der Waals surface area contributed by atoms with Crippen molar-refractivity contribution in [2.75, 3.05) is 12.4 Å². The van der Waals surface area contributed by atoms with Crippen LogP contribution in [0.3, 0.4) is 0 Å². The van der Waals surface area contributed by atoms with Crippen molar-refractivity contribution < 1.29 is 8.81 Å². The van der Waals surface area contributed by atoms with Gasteiger partial charge in [-0.05, 0) is 30.5 Å². The molecule has 2 rings (SSSR count). The van der Waals surface area contributed by atoms with Crippen LogP contribution in [-0.4, -0.2) is 12.0 Å². The predicted molar refractivity (Wildman–Crippen MR) is 59.9 cm³/mol. The van der Waals surface area contributed by atoms with Crippen LogP contribution >= 0.6 is 0 Å². The summed E-state index contributed by atoms with van der Waals surface area (Å²) in [5.41, 5.74) is 1.99. The molecule has 0 fully saturated rings. The molecular formula is C12H13FN2O. The third-order valence-corrected chi connectivity index (χ3v) is 2.35. The lowest BCUT2D eigenvalue weighted by Gasteiger charge is -1.98. The second-order valence-corrected chi connectivity index (χ2v) is 3.52. The SMILES string of the molecule is CNc1nc(CCc2ccc(F)cc2)co1. The normalized spacial score (nSPS) is 10.4. The van der Waals surface area contributed by atoms with Crippen molar-refractivity contribution >= 4 is 6.01 Å². The first kappa shape index (κ1) is 10.7. The molecule has 0 atom stereocenters. The first-order valence-corrected chi connectivity index (χ1v) is 5.14. The highest BCUT2D eigenvalue weighted by molar-refractivity contribution is 5.21. The van der Waals surface area contributed by atoms with E-state index >= 15 is 0 Å². The molecule has 0 bridgehead atoms. The van der Waals surface area contributed by atoms with Gasteiger partial charge in [-0.2, -0.15) is 4.98 Å². The van der Waals surface area contributed by atoms with E-state index in [1.54, 1.807) is 25.4 Å². The van der Waals surface area contributed by atoms with E-state index in [9.17, 15) is 4.39 Å². The van der Waals surface area contributed by atoms with Gasteiger partial charge in [0.05, 0.1) is 5.69 Å². The molecule has 1 heterocycles. The molecule has 0 radical (unpaired) electrons. The van der Waals surface area contributed by atoms with Crippen molar-refractivity contribution in [2.45, 2.75) is 12.8 Å². The molecule has 3 nitrogen and oxygen atoms in total. The maximum atomic E-state index is 12.7. The van der Waals surface area contributed by atoms with Crippen LogP contribution < -0.4 is 5.32 Å². The second-order valence-electron chi connectivity index (χ2n) is 3.52. The van der Waals surface area contributed by atoms with Crippen molar-refractivity contribution in [1.29, 1.82) is 0 Å². The van der Waals surface area contributed by atoms with E-state index in [1.807, 2.05) is 0 Å². The Kier molecular flexibility index (Phi) is 3.19. The third-order valence-electron chi connectivity index (χ3n) is 2.35. The minimum Gasteiger partial charge on any atom is -0.432 e. The molecule has 16 heavy (non-hydrogen) atoms. The largest absolute Gasteiger partial charge is 0.432 e. The summed E-state index contributed by atoms with van der Waals surface area (Å²) in [7, 11) is 1.76. The molecule has 0 aliphatic heterocycles. The zero-order valence-electron chi connectivity index (χ0n) is 9.03. The molecule has 0 amide bonds. The summed E-state index contributed by atoms with van der Waals surface area (Å²) >= 11 is 0. The number of halogens is 1. The molecule has 0 aliphatic rings. The van der Waals surface area contributed by atoms with Gasteiger partial charge >= 0.3 is 0 Å². The highest BCUT2D eigenvalue weighted by atomic mass is 19.1. The summed E-state index contributed by atoms with van der Waals surface area (Å²) < 4.78 is 17.8. The van der Waals surface area contributed by atoms with Gasteiger partial charge in [-0.1, -0.05) is 12.1 Å². The van der Waals surface area contributed by atoms with E-state index in [-0.39, 0.29) is 5.82 Å². The number of aromatic nitrogens is 1. The second kappa shape index (κ2) is 4.79. The summed E-state index contributed by atoms with van der Waals surface area (Å²) in [5.74, 6) is -0.206. The molecular weight excluding hydrogens is 207 g/mol. The average Bonchev–Trinajstić information content (AvgIpc) is 2.76. The quantitative estimate of drug-likeness (QED) is 0.860. The van der Waals surface area contributed by atoms with E-state index in [4.69, 9.17) is 4.42 Å². The van der Waals surface area contributed by atoms with E-state index < -0.39 is 0 Å². The van der Waals surface area contributed by atoms with Gasteiger partial charge in [0.15, 0.2) is 0 Å². The fourth-order valence-corrected chi connectivity index (χ4v) is 1.46. The molecule has 0 saturated heterocycles. The molecule has 4 heteroatoms. The van der Waals surface area contributed by atoms with Crippen molar-refractivity contribution in [2.24, 2.45) is 0 Å². The van der Waals surface area contributed by atoms with Crippen LogP contribution in [0.2, 0.25) is 0 Å². The topological polar surface area (TPSA) is 38.1 Å². The van der Waals surface area contributed by atoms with E-state index in [2.05, 4.69) is 10.3 Å². The van der Waals surface area contributed by atoms with Crippen molar-refractivity contribution in [3.63, 3.8) is 0 Å². The fraction of sp³-hybridized carbons (Fsp3) is 0.250. The average molecular weight is 220 g/mol. The number of oxazole rings is 1. The van der Waals surface area contributed by atoms with Gasteiger partial charge in [0, 0.05) is 7.05 Å². The Morgan fingerprint density at radius 2 is 2.00 bits per heavy atom. The zero-order chi connectivity index (χ0) is 11.4. The summed E-state index contributed by atoms with van der Waals surface area (Å²) in [6.07, 6.45) is 3.25. The lowest BCUT2D eigenvalue weighted by molar-refractivity contribution is 0.573. The van der Waals surface area contributed by atoms with Crippen LogP contribution in [0, 0.1) is 5.82 Å². The van der Waals surface area contributed by atoms with Crippen LogP contribution in [0.25, 0.3) is 0 Å². The molecule has 0 aliphatic carbocycles. The van der Waals surface area contributed by atoms with Gasteiger partial charge in [0.2, 0.25) is 0 Å². The van der Waals surface area contributed by atoms with E-state index in [0.717, 1.165) is 24.1 Å². The van der Waals surface area contributed by atoms with E-state index in [0.29, 0.717) is 6.01 Å². The Labute approximate surface area is 93.3 Å². The van der Waals surface area contributed by atoms with Crippen molar-refractivity contribution in [3.05, 3.63) is 47.6 Å². The molecule has 0 saturated carbocycles. The Balaban J connectivity index is 1.94. The Hall–Kier alpha value is -1.84. The van der Waals surface area contributed by atoms with Crippen LogP contribution in [0.4, 0.5) is 10.4 Å². The number of anilines is 1. The monoisotopic (exact) mass is 220 g/mol. The molecule has 0 spiro atoms. The molecule has 0 unspecified atom stereocenters. The maximum absolute atomic E-state index is 12.7. The van der Waals surface area contributed by atoms with Crippen LogP contribution in [0.15, 0.2) is 34.9 Å². The number of aryl methyl sites for hydroxylation is 2. The Morgan fingerprint density at radius 3 is 2.62 bits per heavy atom. The maximum Gasteiger partial charge on any atom is 0.294 e. The van der Waals surface area contributed by atoms with Gasteiger partial charge in [-0.3, -0.25) is 0 Å². The number of rotatable bonds is 4. The van der Waals surface area contributed by atoms with Gasteiger partial charge in [-0.25, -0.2) is 4.39 Å². The summed E-state index contributed by atoms with van der Waals surface area (Å²) in [6.45, 7) is 0. The zero-order valence-corrected chi connectivity index (χ0v) is 9.03. The van der Waals surface area contributed by atoms with Crippen molar-refractivity contribution in [1.82, 2.24) is 4.98 Å². The summed E-state index contributed by atoms with van der Waals surface area (Å²) in [4.78, 5) is 4.21. The van der Waals surface area contributed by atoms with Crippen LogP contribution in [-0.2, 0) is 12.8 Å². The van der Waals surface area contributed by atoms with Gasteiger partial charge in [-0.15, -0.1) is 0 Å². The van der Waals surface area contributed by atoms with Crippen LogP contribution in [0.1, 0.15) is 11.3 Å². The number of hydrogen-bond acceptors (Lipinski definition) is 3. The van der Waals surface area contributed by atoms with Crippen molar-refractivity contribution in [3.8, 4) is 0 Å². The third kappa shape index (κ3) is 2.59. The van der Waals surface area contributed by atoms with Gasteiger partial charge in [0.1, 0.15) is 12.1 Å². The molecule has 1 N–H and O–H groups in total.